The number of hydrogen-bond donors (Lipinski definition) is 1. The smallest absolute Gasteiger partial charge is 0.256 e. The van der Waals surface area contributed by atoms with Crippen LogP contribution in [0.1, 0.15) is 28.8 Å². The van der Waals surface area contributed by atoms with Crippen LogP contribution in [0.3, 0.4) is 0 Å². The summed E-state index contributed by atoms with van der Waals surface area (Å²) in [6.07, 6.45) is 0.152. The number of nitrogens with zero attached hydrogens (tertiary/aromatic N) is 1. The molecule has 0 aliphatic carbocycles. The number of fused-ring (bicyclic) bond motifs is 1. The van der Waals surface area contributed by atoms with Crippen molar-refractivity contribution in [3.63, 3.8) is 0 Å². The van der Waals surface area contributed by atoms with Crippen LogP contribution >= 0.6 is 0 Å². The Morgan fingerprint density at radius 1 is 1.22 bits per heavy atom. The van der Waals surface area contributed by atoms with E-state index < -0.39 is 6.10 Å². The first kappa shape index (κ1) is 15.7. The first-order chi connectivity index (χ1) is 11.3. The summed E-state index contributed by atoms with van der Waals surface area (Å²) in [7, 11) is 1.54. The summed E-state index contributed by atoms with van der Waals surface area (Å²) >= 11 is 0. The summed E-state index contributed by atoms with van der Waals surface area (Å²) in [5.41, 5.74) is 3.05. The van der Waals surface area contributed by atoms with Gasteiger partial charge in [0.1, 0.15) is 0 Å². The second-order valence-electron chi connectivity index (χ2n) is 5.71. The molecule has 4 nitrogen and oxygen atoms in total. The van der Waals surface area contributed by atoms with Crippen molar-refractivity contribution in [1.82, 2.24) is 4.90 Å². The van der Waals surface area contributed by atoms with Gasteiger partial charge in [0.05, 0.1) is 12.6 Å². The number of aliphatic hydroxyl groups excluding tert-OH is 1. The number of rotatable bonds is 4. The van der Waals surface area contributed by atoms with Crippen LogP contribution in [-0.2, 0) is 16.0 Å². The molecule has 0 saturated heterocycles. The molecule has 3 rings (SSSR count). The van der Waals surface area contributed by atoms with E-state index in [-0.39, 0.29) is 18.6 Å². The van der Waals surface area contributed by atoms with Crippen molar-refractivity contribution >= 4 is 5.91 Å². The van der Waals surface area contributed by atoms with Crippen LogP contribution < -0.4 is 0 Å². The maximum Gasteiger partial charge on any atom is 0.256 e. The molecule has 2 aromatic rings. The Morgan fingerprint density at radius 3 is 2.61 bits per heavy atom. The lowest BCUT2D eigenvalue weighted by atomic mass is 9.92. The lowest BCUT2D eigenvalue weighted by Gasteiger charge is -2.38. The summed E-state index contributed by atoms with van der Waals surface area (Å²) in [6, 6.07) is 17.1. The van der Waals surface area contributed by atoms with Gasteiger partial charge in [0.15, 0.2) is 6.10 Å². The fraction of sp³-hybridized carbons (Fsp3) is 0.316. The van der Waals surface area contributed by atoms with Gasteiger partial charge in [0, 0.05) is 13.7 Å². The van der Waals surface area contributed by atoms with Crippen molar-refractivity contribution in [2.45, 2.75) is 18.6 Å². The van der Waals surface area contributed by atoms with Crippen LogP contribution in [0.4, 0.5) is 0 Å². The van der Waals surface area contributed by atoms with E-state index in [1.54, 1.807) is 12.0 Å². The van der Waals surface area contributed by atoms with Crippen LogP contribution in [0.2, 0.25) is 0 Å². The van der Waals surface area contributed by atoms with E-state index in [9.17, 15) is 9.90 Å². The molecule has 4 heteroatoms. The fourth-order valence-electron chi connectivity index (χ4n) is 3.27. The second-order valence-corrected chi connectivity index (χ2v) is 5.71. The molecule has 0 radical (unpaired) electrons. The molecule has 2 aromatic carbocycles. The Balaban J connectivity index is 1.90. The van der Waals surface area contributed by atoms with E-state index in [0.29, 0.717) is 6.54 Å². The Bertz CT molecular complexity index is 671. The van der Waals surface area contributed by atoms with Crippen molar-refractivity contribution in [3.05, 3.63) is 71.3 Å². The van der Waals surface area contributed by atoms with E-state index in [4.69, 9.17) is 4.74 Å². The molecular weight excluding hydrogens is 290 g/mol. The molecule has 1 amide bonds. The van der Waals surface area contributed by atoms with Gasteiger partial charge in [-0.1, -0.05) is 54.6 Å². The molecular formula is C19H21NO3. The number of amides is 1. The lowest BCUT2D eigenvalue weighted by Crippen LogP contribution is -2.44. The third-order valence-corrected chi connectivity index (χ3v) is 4.43. The monoisotopic (exact) mass is 311 g/mol. The van der Waals surface area contributed by atoms with Crippen molar-refractivity contribution in [1.29, 1.82) is 0 Å². The number of benzene rings is 2. The van der Waals surface area contributed by atoms with Crippen molar-refractivity contribution in [2.24, 2.45) is 0 Å². The number of carbonyl (C=O) groups excluding carboxylic acids is 1. The van der Waals surface area contributed by atoms with Gasteiger partial charge in [-0.2, -0.15) is 0 Å². The maximum absolute atomic E-state index is 13.0. The Kier molecular flexibility index (Phi) is 4.74. The zero-order valence-electron chi connectivity index (χ0n) is 13.2. The van der Waals surface area contributed by atoms with Gasteiger partial charge in [-0.25, -0.2) is 0 Å². The van der Waals surface area contributed by atoms with E-state index in [1.165, 1.54) is 5.56 Å². The molecule has 1 N–H and O–H groups in total. The zero-order chi connectivity index (χ0) is 16.2. The van der Waals surface area contributed by atoms with Crippen molar-refractivity contribution in [2.75, 3.05) is 20.3 Å². The highest BCUT2D eigenvalue weighted by molar-refractivity contribution is 5.83. The minimum Gasteiger partial charge on any atom is -0.394 e. The molecule has 1 aliphatic heterocycles. The van der Waals surface area contributed by atoms with Crippen molar-refractivity contribution < 1.29 is 14.6 Å². The number of ether oxygens (including phenoxy) is 1. The van der Waals surface area contributed by atoms with Crippen molar-refractivity contribution in [3.8, 4) is 0 Å². The molecule has 0 spiro atoms. The predicted octanol–water partition coefficient (Wildman–Crippen LogP) is 2.49. The first-order valence-electron chi connectivity index (χ1n) is 7.83. The molecule has 2 atom stereocenters. The number of hydrogen-bond acceptors (Lipinski definition) is 3. The maximum atomic E-state index is 13.0. The van der Waals surface area contributed by atoms with Crippen LogP contribution in [0.5, 0.6) is 0 Å². The molecule has 0 bridgehead atoms. The summed E-state index contributed by atoms with van der Waals surface area (Å²) in [5, 5.41) is 9.85. The van der Waals surface area contributed by atoms with Crippen LogP contribution in [0.25, 0.3) is 0 Å². The third-order valence-electron chi connectivity index (χ3n) is 4.43. The van der Waals surface area contributed by atoms with Gasteiger partial charge in [0.25, 0.3) is 5.91 Å². The Hall–Kier alpha value is -2.17. The summed E-state index contributed by atoms with van der Waals surface area (Å²) in [4.78, 5) is 14.7. The number of methoxy groups -OCH3 is 1. The lowest BCUT2D eigenvalue weighted by molar-refractivity contribution is -0.146. The van der Waals surface area contributed by atoms with Gasteiger partial charge in [-0.05, 0) is 23.1 Å². The summed E-state index contributed by atoms with van der Waals surface area (Å²) in [5.74, 6) is -0.104. The quantitative estimate of drug-likeness (QED) is 0.944. The minimum absolute atomic E-state index is 0.0893. The standard InChI is InChI=1S/C19H21NO3/c1-23-18(15-8-3-2-4-9-15)19(22)20-12-11-14-7-5-6-10-16(14)17(20)13-21/h2-10,17-18,21H,11-13H2,1H3/t17-,18-/m1/s1. The van der Waals surface area contributed by atoms with Gasteiger partial charge >= 0.3 is 0 Å². The second kappa shape index (κ2) is 6.94. The minimum atomic E-state index is -0.643. The summed E-state index contributed by atoms with van der Waals surface area (Å²) in [6.45, 7) is 0.502. The molecule has 120 valence electrons. The van der Waals surface area contributed by atoms with E-state index in [2.05, 4.69) is 6.07 Å². The average Bonchev–Trinajstić information content (AvgIpc) is 2.62. The third kappa shape index (κ3) is 3.00. The predicted molar refractivity (Wildman–Crippen MR) is 87.9 cm³/mol. The molecule has 0 saturated carbocycles. The van der Waals surface area contributed by atoms with Gasteiger partial charge in [-0.3, -0.25) is 4.79 Å². The van der Waals surface area contributed by atoms with Crippen LogP contribution in [-0.4, -0.2) is 36.2 Å². The van der Waals surface area contributed by atoms with E-state index >= 15 is 0 Å². The van der Waals surface area contributed by atoms with Crippen LogP contribution in [0.15, 0.2) is 54.6 Å². The van der Waals surface area contributed by atoms with E-state index in [1.807, 2.05) is 48.5 Å². The molecule has 1 heterocycles. The molecule has 23 heavy (non-hydrogen) atoms. The SMILES string of the molecule is CO[C@@H](C(=O)N1CCc2ccccc2[C@H]1CO)c1ccccc1. The number of carbonyl (C=O) groups is 1. The Labute approximate surface area is 136 Å². The highest BCUT2D eigenvalue weighted by Crippen LogP contribution is 2.32. The van der Waals surface area contributed by atoms with Crippen LogP contribution in [0, 0.1) is 0 Å². The van der Waals surface area contributed by atoms with Gasteiger partial charge < -0.3 is 14.7 Å². The average molecular weight is 311 g/mol. The summed E-state index contributed by atoms with van der Waals surface area (Å²) < 4.78 is 5.46. The molecule has 0 unspecified atom stereocenters. The first-order valence-corrected chi connectivity index (χ1v) is 7.83. The van der Waals surface area contributed by atoms with E-state index in [0.717, 1.165) is 17.5 Å². The Morgan fingerprint density at radius 2 is 1.91 bits per heavy atom. The molecule has 1 aliphatic rings. The number of aliphatic hydroxyl groups is 1. The molecule has 0 aromatic heterocycles. The zero-order valence-corrected chi connectivity index (χ0v) is 13.2. The highest BCUT2D eigenvalue weighted by atomic mass is 16.5. The highest BCUT2D eigenvalue weighted by Gasteiger charge is 2.34. The van der Waals surface area contributed by atoms with Gasteiger partial charge in [-0.15, -0.1) is 0 Å². The molecule has 0 fully saturated rings. The van der Waals surface area contributed by atoms with Gasteiger partial charge in [0.2, 0.25) is 0 Å². The largest absolute Gasteiger partial charge is 0.394 e. The fourth-order valence-corrected chi connectivity index (χ4v) is 3.27. The topological polar surface area (TPSA) is 49.8 Å². The normalized spacial score (nSPS) is 18.3.